The number of hydrazone groups is 1. The fourth-order valence-electron chi connectivity index (χ4n) is 3.17. The van der Waals surface area contributed by atoms with Crippen LogP contribution in [0.15, 0.2) is 52.2 Å². The van der Waals surface area contributed by atoms with Crippen LogP contribution in [0.4, 0.5) is 0 Å². The average Bonchev–Trinajstić information content (AvgIpc) is 2.82. The predicted octanol–water partition coefficient (Wildman–Crippen LogP) is 4.99. The number of Topliss-reactive ketones (excluding diaryl/α,β-unsaturated/α-hetero) is 1. The van der Waals surface area contributed by atoms with Crippen LogP contribution in [0, 0.1) is 10.8 Å². The van der Waals surface area contributed by atoms with Gasteiger partial charge >= 0.3 is 0 Å². The van der Waals surface area contributed by atoms with Crippen molar-refractivity contribution in [2.75, 3.05) is 0 Å². The van der Waals surface area contributed by atoms with E-state index in [2.05, 4.69) is 11.7 Å². The molecule has 4 nitrogen and oxygen atoms in total. The lowest BCUT2D eigenvalue weighted by Crippen LogP contribution is -2.39. The summed E-state index contributed by atoms with van der Waals surface area (Å²) in [4.78, 5) is 26.3. The minimum atomic E-state index is -0.439. The number of nitrogens with zero attached hydrogens (tertiary/aromatic N) is 2. The van der Waals surface area contributed by atoms with Gasteiger partial charge in [0.1, 0.15) is 0 Å². The van der Waals surface area contributed by atoms with Crippen LogP contribution in [0.1, 0.15) is 62.3 Å². The number of allylic oxidation sites excluding steroid dienone is 6. The molecule has 0 N–H and O–H groups in total. The van der Waals surface area contributed by atoms with Crippen molar-refractivity contribution in [3.63, 3.8) is 0 Å². The maximum Gasteiger partial charge on any atom is 0.277 e. The summed E-state index contributed by atoms with van der Waals surface area (Å²) in [5.74, 6) is -0.106. The predicted molar refractivity (Wildman–Crippen MR) is 111 cm³/mol. The number of hydrogen-bond acceptors (Lipinski definition) is 3. The zero-order valence-corrected chi connectivity index (χ0v) is 18.2. The van der Waals surface area contributed by atoms with Gasteiger partial charge in [0, 0.05) is 11.1 Å². The van der Waals surface area contributed by atoms with Crippen molar-refractivity contribution in [2.24, 2.45) is 15.9 Å². The Bertz CT molecular complexity index is 793. The molecule has 146 valence electrons. The SMILES string of the molecule is C=CC1=NN(C(C)(C)C)C(=O)C1=C1C=C(C(C)(C)C)C(=O)C(C(C)(C)C)=C1. The van der Waals surface area contributed by atoms with E-state index in [1.165, 1.54) is 5.01 Å². The Balaban J connectivity index is 2.80. The molecule has 1 aliphatic carbocycles. The van der Waals surface area contributed by atoms with Crippen LogP contribution in [-0.4, -0.2) is 27.9 Å². The standard InChI is InChI=1S/C23H32N2O2/c1-11-17-18(20(27)25(24-17)23(8,9)10)14-12-15(21(2,3)4)19(26)16(13-14)22(5,6)7/h11-13H,1H2,2-10H3. The molecule has 0 aromatic carbocycles. The molecular weight excluding hydrogens is 336 g/mol. The first kappa shape index (κ1) is 21.1. The van der Waals surface area contributed by atoms with Gasteiger partial charge < -0.3 is 0 Å². The number of amides is 1. The van der Waals surface area contributed by atoms with Crippen molar-refractivity contribution in [3.8, 4) is 0 Å². The van der Waals surface area contributed by atoms with Gasteiger partial charge in [-0.05, 0) is 55.4 Å². The van der Waals surface area contributed by atoms with E-state index >= 15 is 0 Å². The largest absolute Gasteiger partial charge is 0.289 e. The Hall–Kier alpha value is -2.23. The van der Waals surface area contributed by atoms with Gasteiger partial charge in [0.05, 0.1) is 16.8 Å². The van der Waals surface area contributed by atoms with E-state index in [1.54, 1.807) is 6.08 Å². The lowest BCUT2D eigenvalue weighted by atomic mass is 9.71. The first-order valence-corrected chi connectivity index (χ1v) is 9.38. The summed E-state index contributed by atoms with van der Waals surface area (Å²) in [6, 6.07) is 0. The van der Waals surface area contributed by atoms with Gasteiger partial charge in [0.25, 0.3) is 5.91 Å². The Labute approximate surface area is 163 Å². The molecule has 4 heteroatoms. The van der Waals surface area contributed by atoms with E-state index in [0.29, 0.717) is 22.4 Å². The second-order valence-corrected chi connectivity index (χ2v) is 10.3. The molecule has 1 heterocycles. The zero-order valence-electron chi connectivity index (χ0n) is 18.2. The van der Waals surface area contributed by atoms with Gasteiger partial charge in [-0.25, -0.2) is 5.01 Å². The van der Waals surface area contributed by atoms with Crippen LogP contribution >= 0.6 is 0 Å². The number of ketones is 1. The van der Waals surface area contributed by atoms with Crippen molar-refractivity contribution in [1.82, 2.24) is 5.01 Å². The molecule has 0 atom stereocenters. The van der Waals surface area contributed by atoms with Crippen LogP contribution < -0.4 is 0 Å². The van der Waals surface area contributed by atoms with Crippen molar-refractivity contribution in [3.05, 3.63) is 47.1 Å². The van der Waals surface area contributed by atoms with E-state index in [1.807, 2.05) is 74.5 Å². The molecule has 0 unspecified atom stereocenters. The topological polar surface area (TPSA) is 49.7 Å². The summed E-state index contributed by atoms with van der Waals surface area (Å²) in [6.07, 6.45) is 5.32. The molecule has 1 amide bonds. The number of hydrogen-bond donors (Lipinski definition) is 0. The molecule has 0 aromatic heterocycles. The molecule has 1 aliphatic heterocycles. The van der Waals surface area contributed by atoms with E-state index in [0.717, 1.165) is 5.57 Å². The molecule has 2 rings (SSSR count). The third kappa shape index (κ3) is 3.90. The lowest BCUT2D eigenvalue weighted by Gasteiger charge is -2.32. The first-order valence-electron chi connectivity index (χ1n) is 9.38. The van der Waals surface area contributed by atoms with Crippen molar-refractivity contribution in [1.29, 1.82) is 0 Å². The Morgan fingerprint density at radius 2 is 1.33 bits per heavy atom. The number of carbonyl (C=O) groups excluding carboxylic acids is 2. The molecule has 0 fully saturated rings. The molecule has 2 aliphatic rings. The smallest absolute Gasteiger partial charge is 0.277 e. The fraction of sp³-hybridized carbons (Fsp3) is 0.522. The zero-order chi connectivity index (χ0) is 20.9. The second-order valence-electron chi connectivity index (χ2n) is 10.3. The van der Waals surface area contributed by atoms with E-state index in [4.69, 9.17) is 0 Å². The Kier molecular flexibility index (Phi) is 5.02. The Morgan fingerprint density at radius 1 is 0.889 bits per heavy atom. The van der Waals surface area contributed by atoms with Gasteiger partial charge in [0.2, 0.25) is 0 Å². The molecule has 0 bridgehead atoms. The molecule has 0 aromatic rings. The van der Waals surface area contributed by atoms with Gasteiger partial charge in [-0.15, -0.1) is 0 Å². The van der Waals surface area contributed by atoms with Crippen LogP contribution in [0.2, 0.25) is 0 Å². The summed E-state index contributed by atoms with van der Waals surface area (Å²) >= 11 is 0. The highest BCUT2D eigenvalue weighted by atomic mass is 16.2. The summed E-state index contributed by atoms with van der Waals surface area (Å²) < 4.78 is 0. The third-order valence-electron chi connectivity index (χ3n) is 4.69. The molecule has 27 heavy (non-hydrogen) atoms. The quantitative estimate of drug-likeness (QED) is 0.612. The van der Waals surface area contributed by atoms with Crippen molar-refractivity contribution < 1.29 is 9.59 Å². The van der Waals surface area contributed by atoms with Gasteiger partial charge in [-0.3, -0.25) is 9.59 Å². The Morgan fingerprint density at radius 3 is 1.67 bits per heavy atom. The van der Waals surface area contributed by atoms with E-state index in [9.17, 15) is 9.59 Å². The van der Waals surface area contributed by atoms with Crippen LogP contribution in [0.5, 0.6) is 0 Å². The fourth-order valence-corrected chi connectivity index (χ4v) is 3.17. The molecular formula is C23H32N2O2. The van der Waals surface area contributed by atoms with Gasteiger partial charge in [-0.2, -0.15) is 5.10 Å². The van der Waals surface area contributed by atoms with Crippen molar-refractivity contribution >= 4 is 17.4 Å². The molecule has 0 saturated carbocycles. The highest BCUT2D eigenvalue weighted by Crippen LogP contribution is 2.40. The number of rotatable bonds is 1. The average molecular weight is 369 g/mol. The third-order valence-corrected chi connectivity index (χ3v) is 4.69. The van der Waals surface area contributed by atoms with Crippen LogP contribution in [-0.2, 0) is 9.59 Å². The maximum atomic E-state index is 13.2. The summed E-state index contributed by atoms with van der Waals surface area (Å²) in [5, 5.41) is 5.99. The van der Waals surface area contributed by atoms with Gasteiger partial charge in [-0.1, -0.05) is 48.1 Å². The van der Waals surface area contributed by atoms with Crippen LogP contribution in [0.25, 0.3) is 0 Å². The van der Waals surface area contributed by atoms with Gasteiger partial charge in [0.15, 0.2) is 5.78 Å². The molecule has 0 radical (unpaired) electrons. The first-order chi connectivity index (χ1) is 12.1. The highest BCUT2D eigenvalue weighted by Gasteiger charge is 2.40. The van der Waals surface area contributed by atoms with E-state index < -0.39 is 5.54 Å². The minimum absolute atomic E-state index is 0.0505. The van der Waals surface area contributed by atoms with E-state index in [-0.39, 0.29) is 22.5 Å². The summed E-state index contributed by atoms with van der Waals surface area (Å²) in [6.45, 7) is 21.8. The lowest BCUT2D eigenvalue weighted by molar-refractivity contribution is -0.130. The van der Waals surface area contributed by atoms with Crippen molar-refractivity contribution in [2.45, 2.75) is 67.9 Å². The summed E-state index contributed by atoms with van der Waals surface area (Å²) in [5.41, 5.74) is 2.12. The highest BCUT2D eigenvalue weighted by molar-refractivity contribution is 6.30. The minimum Gasteiger partial charge on any atom is -0.289 e. The second kappa shape index (κ2) is 6.43. The normalized spacial score (nSPS) is 19.3. The monoisotopic (exact) mass is 368 g/mol. The molecule has 0 spiro atoms. The summed E-state index contributed by atoms with van der Waals surface area (Å²) in [7, 11) is 0. The number of carbonyl (C=O) groups is 2. The maximum absolute atomic E-state index is 13.2. The molecule has 0 saturated heterocycles. The van der Waals surface area contributed by atoms with Crippen LogP contribution in [0.3, 0.4) is 0 Å².